The summed E-state index contributed by atoms with van der Waals surface area (Å²) in [6.07, 6.45) is 3.65. The molecule has 4 nitrogen and oxygen atoms in total. The number of carbonyl (C=O) groups is 1. The molecule has 3 rings (SSSR count). The minimum Gasteiger partial charge on any atom is -0.397 e. The lowest BCUT2D eigenvalue weighted by Gasteiger charge is -2.36. The van der Waals surface area contributed by atoms with E-state index in [1.165, 1.54) is 19.3 Å². The first-order valence-electron chi connectivity index (χ1n) is 8.27. The Morgan fingerprint density at radius 3 is 2.79 bits per heavy atom. The Morgan fingerprint density at radius 1 is 1.25 bits per heavy atom. The van der Waals surface area contributed by atoms with Crippen LogP contribution < -0.4 is 16.0 Å². The van der Waals surface area contributed by atoms with Crippen molar-refractivity contribution in [2.24, 2.45) is 0 Å². The smallest absolute Gasteiger partial charge is 0.255 e. The third-order valence-corrected chi connectivity index (χ3v) is 4.72. The van der Waals surface area contributed by atoms with Gasteiger partial charge < -0.3 is 16.0 Å². The van der Waals surface area contributed by atoms with Crippen molar-refractivity contribution >= 4 is 34.6 Å². The van der Waals surface area contributed by atoms with E-state index in [9.17, 15) is 4.79 Å². The molecule has 126 valence electrons. The predicted octanol–water partition coefficient (Wildman–Crippen LogP) is 4.55. The average molecular weight is 344 g/mol. The van der Waals surface area contributed by atoms with Crippen LogP contribution in [-0.4, -0.2) is 18.5 Å². The highest BCUT2D eigenvalue weighted by molar-refractivity contribution is 6.31. The van der Waals surface area contributed by atoms with E-state index in [4.69, 9.17) is 17.3 Å². The van der Waals surface area contributed by atoms with Crippen molar-refractivity contribution < 1.29 is 4.79 Å². The minimum atomic E-state index is -0.198. The predicted molar refractivity (Wildman–Crippen MR) is 101 cm³/mol. The third kappa shape index (κ3) is 3.65. The van der Waals surface area contributed by atoms with Crippen LogP contribution in [0.25, 0.3) is 0 Å². The van der Waals surface area contributed by atoms with Crippen molar-refractivity contribution in [2.75, 3.05) is 22.5 Å². The molecular formula is C19H22ClN3O. The highest BCUT2D eigenvalue weighted by Crippen LogP contribution is 2.31. The van der Waals surface area contributed by atoms with E-state index in [1.54, 1.807) is 24.3 Å². The quantitative estimate of drug-likeness (QED) is 0.803. The van der Waals surface area contributed by atoms with Gasteiger partial charge >= 0.3 is 0 Å². The van der Waals surface area contributed by atoms with Gasteiger partial charge in [-0.2, -0.15) is 0 Å². The Balaban J connectivity index is 1.76. The highest BCUT2D eigenvalue weighted by atomic mass is 35.5. The van der Waals surface area contributed by atoms with Crippen molar-refractivity contribution in [3.8, 4) is 0 Å². The number of nitrogen functional groups attached to an aromatic ring is 1. The van der Waals surface area contributed by atoms with Crippen LogP contribution in [0.1, 0.15) is 36.5 Å². The van der Waals surface area contributed by atoms with Crippen LogP contribution in [-0.2, 0) is 0 Å². The maximum atomic E-state index is 12.3. The van der Waals surface area contributed by atoms with Crippen molar-refractivity contribution in [1.82, 2.24) is 0 Å². The molecule has 0 spiro atoms. The zero-order valence-electron chi connectivity index (χ0n) is 13.8. The van der Waals surface area contributed by atoms with Crippen LogP contribution in [0.3, 0.4) is 0 Å². The number of nitrogens with zero attached hydrogens (tertiary/aromatic N) is 1. The van der Waals surface area contributed by atoms with Crippen molar-refractivity contribution in [2.45, 2.75) is 32.2 Å². The summed E-state index contributed by atoms with van der Waals surface area (Å²) in [5.41, 5.74) is 9.18. The molecule has 24 heavy (non-hydrogen) atoms. The molecule has 1 saturated heterocycles. The van der Waals surface area contributed by atoms with Crippen LogP contribution in [0.2, 0.25) is 5.02 Å². The van der Waals surface area contributed by atoms with Gasteiger partial charge in [0.25, 0.3) is 5.91 Å². The van der Waals surface area contributed by atoms with E-state index in [1.807, 2.05) is 18.2 Å². The fraction of sp³-hybridized carbons (Fsp3) is 0.316. The summed E-state index contributed by atoms with van der Waals surface area (Å²) < 4.78 is 0. The van der Waals surface area contributed by atoms with Crippen molar-refractivity contribution in [1.29, 1.82) is 0 Å². The maximum Gasteiger partial charge on any atom is 0.255 e. The lowest BCUT2D eigenvalue weighted by Crippen LogP contribution is -2.37. The number of rotatable bonds is 3. The zero-order valence-corrected chi connectivity index (χ0v) is 14.5. The summed E-state index contributed by atoms with van der Waals surface area (Å²) in [6.45, 7) is 3.26. The van der Waals surface area contributed by atoms with E-state index in [0.717, 1.165) is 12.2 Å². The Kier molecular flexibility index (Phi) is 4.95. The molecule has 1 aliphatic rings. The number of benzene rings is 2. The number of nitrogens with two attached hydrogens (primary N) is 1. The van der Waals surface area contributed by atoms with E-state index >= 15 is 0 Å². The molecule has 3 N–H and O–H groups in total. The topological polar surface area (TPSA) is 58.4 Å². The lowest BCUT2D eigenvalue weighted by molar-refractivity contribution is 0.102. The summed E-state index contributed by atoms with van der Waals surface area (Å²) in [7, 11) is 0. The molecule has 1 unspecified atom stereocenters. The number of hydrogen-bond donors (Lipinski definition) is 2. The fourth-order valence-electron chi connectivity index (χ4n) is 3.18. The second-order valence-corrected chi connectivity index (χ2v) is 6.71. The van der Waals surface area contributed by atoms with Crippen LogP contribution >= 0.6 is 11.6 Å². The molecule has 1 fully saturated rings. The Bertz CT molecular complexity index is 747. The lowest BCUT2D eigenvalue weighted by atomic mass is 10.0. The molecule has 0 saturated carbocycles. The first-order valence-corrected chi connectivity index (χ1v) is 8.65. The monoisotopic (exact) mass is 343 g/mol. The van der Waals surface area contributed by atoms with Crippen LogP contribution in [0.5, 0.6) is 0 Å². The van der Waals surface area contributed by atoms with E-state index < -0.39 is 0 Å². The average Bonchev–Trinajstić information content (AvgIpc) is 2.56. The van der Waals surface area contributed by atoms with Gasteiger partial charge in [0.05, 0.1) is 11.4 Å². The van der Waals surface area contributed by atoms with Gasteiger partial charge in [-0.15, -0.1) is 0 Å². The molecule has 1 aliphatic heterocycles. The molecule has 2 aromatic carbocycles. The number of halogens is 1. The number of nitrogens with one attached hydrogen (secondary N) is 1. The second-order valence-electron chi connectivity index (χ2n) is 6.28. The molecule has 0 radical (unpaired) electrons. The largest absolute Gasteiger partial charge is 0.397 e. The Morgan fingerprint density at radius 2 is 2.08 bits per heavy atom. The van der Waals surface area contributed by atoms with Gasteiger partial charge in [0.15, 0.2) is 0 Å². The SMILES string of the molecule is CC1CCCCN1c1ccc(NC(=O)c2cccc(Cl)c2)cc1N. The van der Waals surface area contributed by atoms with Crippen LogP contribution in [0.4, 0.5) is 17.1 Å². The maximum absolute atomic E-state index is 12.3. The Hall–Kier alpha value is -2.20. The summed E-state index contributed by atoms with van der Waals surface area (Å²) >= 11 is 5.93. The molecule has 1 heterocycles. The van der Waals surface area contributed by atoms with E-state index in [2.05, 4.69) is 17.1 Å². The van der Waals surface area contributed by atoms with Gasteiger partial charge in [-0.1, -0.05) is 17.7 Å². The number of amides is 1. The molecule has 5 heteroatoms. The molecule has 1 amide bonds. The normalized spacial score (nSPS) is 17.6. The van der Waals surface area contributed by atoms with Crippen LogP contribution in [0, 0.1) is 0 Å². The summed E-state index contributed by atoms with van der Waals surface area (Å²) in [6, 6.07) is 13.1. The molecule has 0 aromatic heterocycles. The summed E-state index contributed by atoms with van der Waals surface area (Å²) in [5, 5.41) is 3.41. The van der Waals surface area contributed by atoms with E-state index in [0.29, 0.717) is 28.0 Å². The van der Waals surface area contributed by atoms with Gasteiger partial charge in [0.1, 0.15) is 0 Å². The van der Waals surface area contributed by atoms with Crippen molar-refractivity contribution in [3.05, 3.63) is 53.1 Å². The van der Waals surface area contributed by atoms with E-state index in [-0.39, 0.29) is 5.91 Å². The van der Waals surface area contributed by atoms with Gasteiger partial charge in [0, 0.05) is 28.9 Å². The molecule has 1 atom stereocenters. The van der Waals surface area contributed by atoms with Crippen molar-refractivity contribution in [3.63, 3.8) is 0 Å². The number of anilines is 3. The number of hydrogen-bond acceptors (Lipinski definition) is 3. The summed E-state index contributed by atoms with van der Waals surface area (Å²) in [4.78, 5) is 14.6. The molecule has 0 aliphatic carbocycles. The fourth-order valence-corrected chi connectivity index (χ4v) is 3.37. The van der Waals surface area contributed by atoms with Gasteiger partial charge in [0.2, 0.25) is 0 Å². The zero-order chi connectivity index (χ0) is 17.1. The van der Waals surface area contributed by atoms with Crippen LogP contribution in [0.15, 0.2) is 42.5 Å². The molecular weight excluding hydrogens is 322 g/mol. The third-order valence-electron chi connectivity index (χ3n) is 4.48. The molecule has 0 bridgehead atoms. The van der Waals surface area contributed by atoms with Gasteiger partial charge in [-0.3, -0.25) is 4.79 Å². The minimum absolute atomic E-state index is 0.198. The summed E-state index contributed by atoms with van der Waals surface area (Å²) in [5.74, 6) is -0.198. The second kappa shape index (κ2) is 7.14. The number of piperidine rings is 1. The molecule has 2 aromatic rings. The first-order chi connectivity index (χ1) is 11.5. The standard InChI is InChI=1S/C19H22ClN3O/c1-13-5-2-3-10-23(13)18-9-8-16(12-17(18)21)22-19(24)14-6-4-7-15(20)11-14/h4,6-9,11-13H,2-3,5,10,21H2,1H3,(H,22,24). The first kappa shape index (κ1) is 16.7. The Labute approximate surface area is 147 Å². The highest BCUT2D eigenvalue weighted by Gasteiger charge is 2.20. The van der Waals surface area contributed by atoms with Gasteiger partial charge in [-0.25, -0.2) is 0 Å². The van der Waals surface area contributed by atoms with Gasteiger partial charge in [-0.05, 0) is 62.6 Å². The number of carbonyl (C=O) groups excluding carboxylic acids is 1.